The molecule has 0 aliphatic carbocycles. The van der Waals surface area contributed by atoms with Crippen molar-refractivity contribution < 1.29 is 22.3 Å². The van der Waals surface area contributed by atoms with Crippen molar-refractivity contribution >= 4 is 43.7 Å². The van der Waals surface area contributed by atoms with Crippen molar-refractivity contribution in [2.45, 2.75) is 4.90 Å². The molecule has 32 heavy (non-hydrogen) atoms. The average molecular weight is 476 g/mol. The summed E-state index contributed by atoms with van der Waals surface area (Å²) in [4.78, 5) is 16.7. The number of benzene rings is 2. The van der Waals surface area contributed by atoms with Gasteiger partial charge in [-0.3, -0.25) is 10.1 Å². The molecule has 9 nitrogen and oxygen atoms in total. The van der Waals surface area contributed by atoms with Gasteiger partial charge in [-0.25, -0.2) is 17.8 Å². The number of aromatic nitrogens is 2. The molecule has 1 saturated heterocycles. The van der Waals surface area contributed by atoms with Crippen LogP contribution in [-0.4, -0.2) is 61.3 Å². The Balaban J connectivity index is 1.39. The quantitative estimate of drug-likeness (QED) is 0.549. The minimum atomic E-state index is -3.63. The van der Waals surface area contributed by atoms with Crippen molar-refractivity contribution in [2.75, 3.05) is 31.6 Å². The van der Waals surface area contributed by atoms with Crippen LogP contribution in [0.2, 0.25) is 0 Å². The Hall–Kier alpha value is -3.06. The topological polar surface area (TPSA) is 114 Å². The van der Waals surface area contributed by atoms with Crippen LogP contribution < -0.4 is 5.32 Å². The third kappa shape index (κ3) is 5.22. The van der Waals surface area contributed by atoms with Gasteiger partial charge in [-0.2, -0.15) is 4.31 Å². The average Bonchev–Trinajstić information content (AvgIpc) is 3.26. The molecule has 1 N–H and O–H groups in total. The lowest BCUT2D eigenvalue weighted by molar-refractivity contribution is 0.0730. The minimum Gasteiger partial charge on any atom is -0.379 e. The highest BCUT2D eigenvalue weighted by Gasteiger charge is 2.26. The molecule has 3 aromatic rings. The van der Waals surface area contributed by atoms with E-state index in [4.69, 9.17) is 4.74 Å². The summed E-state index contributed by atoms with van der Waals surface area (Å²) in [6, 6.07) is 11.5. The number of ether oxygens (including phenoxy) is 1. The first kappa shape index (κ1) is 22.1. The predicted octanol–water partition coefficient (Wildman–Crippen LogP) is 2.70. The van der Waals surface area contributed by atoms with Crippen LogP contribution in [0.3, 0.4) is 0 Å². The second kappa shape index (κ2) is 9.61. The van der Waals surface area contributed by atoms with Gasteiger partial charge in [0.2, 0.25) is 20.3 Å². The van der Waals surface area contributed by atoms with Gasteiger partial charge in [0.15, 0.2) is 0 Å². The van der Waals surface area contributed by atoms with E-state index in [0.717, 1.165) is 11.3 Å². The fourth-order valence-electron chi connectivity index (χ4n) is 2.88. The monoisotopic (exact) mass is 475 g/mol. The molecule has 4 rings (SSSR count). The van der Waals surface area contributed by atoms with Gasteiger partial charge in [0.05, 0.1) is 18.1 Å². The predicted molar refractivity (Wildman–Crippen MR) is 118 cm³/mol. The Morgan fingerprint density at radius 1 is 1.09 bits per heavy atom. The van der Waals surface area contributed by atoms with Gasteiger partial charge in [-0.15, -0.1) is 10.2 Å². The lowest BCUT2D eigenvalue weighted by atomic mass is 10.2. The van der Waals surface area contributed by atoms with Gasteiger partial charge < -0.3 is 4.74 Å². The van der Waals surface area contributed by atoms with Crippen LogP contribution in [0.1, 0.15) is 15.9 Å². The van der Waals surface area contributed by atoms with Crippen LogP contribution in [0, 0.1) is 5.82 Å². The van der Waals surface area contributed by atoms with E-state index in [1.54, 1.807) is 12.1 Å². The van der Waals surface area contributed by atoms with Gasteiger partial charge in [0.1, 0.15) is 5.82 Å². The molecular formula is C20H18FN5O4S2. The number of sulfonamides is 1. The number of aliphatic imine (C=N–C) groups is 1. The zero-order valence-corrected chi connectivity index (χ0v) is 18.3. The SMILES string of the molecule is O=C(Nc1nnc(N=Cc2ccc(F)cc2)s1)c1ccc(S(=O)(=O)N2CCOCC2)cc1. The number of morpholine rings is 1. The lowest BCUT2D eigenvalue weighted by Crippen LogP contribution is -2.40. The van der Waals surface area contributed by atoms with Crippen LogP contribution >= 0.6 is 11.3 Å². The van der Waals surface area contributed by atoms with E-state index in [-0.39, 0.29) is 21.4 Å². The van der Waals surface area contributed by atoms with Crippen molar-refractivity contribution in [3.05, 3.63) is 65.5 Å². The molecule has 0 bridgehead atoms. The molecule has 0 atom stereocenters. The lowest BCUT2D eigenvalue weighted by Gasteiger charge is -2.26. The van der Waals surface area contributed by atoms with E-state index in [9.17, 15) is 17.6 Å². The molecular weight excluding hydrogens is 457 g/mol. The van der Waals surface area contributed by atoms with E-state index in [2.05, 4.69) is 20.5 Å². The highest BCUT2D eigenvalue weighted by molar-refractivity contribution is 7.89. The molecule has 0 saturated carbocycles. The number of amides is 1. The van der Waals surface area contributed by atoms with Crippen LogP contribution in [-0.2, 0) is 14.8 Å². The summed E-state index contributed by atoms with van der Waals surface area (Å²) >= 11 is 1.06. The van der Waals surface area contributed by atoms with Gasteiger partial charge in [0.25, 0.3) is 5.91 Å². The van der Waals surface area contributed by atoms with Crippen LogP contribution in [0.5, 0.6) is 0 Å². The summed E-state index contributed by atoms with van der Waals surface area (Å²) in [5.74, 6) is -0.791. The summed E-state index contributed by atoms with van der Waals surface area (Å²) in [6.07, 6.45) is 1.51. The number of nitrogens with zero attached hydrogens (tertiary/aromatic N) is 4. The molecule has 1 amide bonds. The molecule has 0 spiro atoms. The maximum absolute atomic E-state index is 12.9. The number of halogens is 1. The maximum Gasteiger partial charge on any atom is 0.257 e. The summed E-state index contributed by atoms with van der Waals surface area (Å²) in [7, 11) is -3.63. The molecule has 0 unspecified atom stereocenters. The molecule has 1 fully saturated rings. The normalized spacial score (nSPS) is 15.2. The Morgan fingerprint density at radius 2 is 1.78 bits per heavy atom. The Labute approximate surface area is 187 Å². The smallest absolute Gasteiger partial charge is 0.257 e. The first-order chi connectivity index (χ1) is 15.4. The first-order valence-electron chi connectivity index (χ1n) is 9.54. The summed E-state index contributed by atoms with van der Waals surface area (Å²) < 4.78 is 44.8. The first-order valence-corrected chi connectivity index (χ1v) is 11.8. The summed E-state index contributed by atoms with van der Waals surface area (Å²) in [5, 5.41) is 10.9. The highest BCUT2D eigenvalue weighted by atomic mass is 32.2. The Kier molecular flexibility index (Phi) is 6.65. The molecule has 0 radical (unpaired) electrons. The van der Waals surface area contributed by atoms with Gasteiger partial charge in [-0.1, -0.05) is 23.5 Å². The van der Waals surface area contributed by atoms with Crippen LogP contribution in [0.25, 0.3) is 0 Å². The number of hydrogen-bond acceptors (Lipinski definition) is 8. The van der Waals surface area contributed by atoms with Crippen molar-refractivity contribution in [1.29, 1.82) is 0 Å². The summed E-state index contributed by atoms with van der Waals surface area (Å²) in [5.41, 5.74) is 0.969. The number of rotatable bonds is 6. The molecule has 2 aromatic carbocycles. The third-order valence-electron chi connectivity index (χ3n) is 4.55. The molecule has 2 heterocycles. The Bertz CT molecular complexity index is 1220. The van der Waals surface area contributed by atoms with Crippen LogP contribution in [0.4, 0.5) is 14.7 Å². The van der Waals surface area contributed by atoms with Crippen molar-refractivity contribution in [2.24, 2.45) is 4.99 Å². The largest absolute Gasteiger partial charge is 0.379 e. The van der Waals surface area contributed by atoms with E-state index in [1.807, 2.05) is 0 Å². The minimum absolute atomic E-state index is 0.115. The number of nitrogens with one attached hydrogen (secondary N) is 1. The standard InChI is InChI=1S/C20H18FN5O4S2/c21-16-5-1-14(2-6-16)13-22-19-24-25-20(31-19)23-18(27)15-3-7-17(8-4-15)32(28,29)26-9-11-30-12-10-26/h1-8,13H,9-12H2,(H,23,25,27). The van der Waals surface area contributed by atoms with E-state index >= 15 is 0 Å². The second-order valence-corrected chi connectivity index (χ2v) is 9.59. The zero-order valence-electron chi connectivity index (χ0n) is 16.6. The van der Waals surface area contributed by atoms with Crippen molar-refractivity contribution in [3.63, 3.8) is 0 Å². The molecule has 1 aliphatic rings. The van der Waals surface area contributed by atoms with Gasteiger partial charge in [0, 0.05) is 24.9 Å². The molecule has 12 heteroatoms. The summed E-state index contributed by atoms with van der Waals surface area (Å²) in [6.45, 7) is 1.32. The van der Waals surface area contributed by atoms with E-state index < -0.39 is 15.9 Å². The fraction of sp³-hybridized carbons (Fsp3) is 0.200. The number of carbonyl (C=O) groups excluding carboxylic acids is 1. The van der Waals surface area contributed by atoms with Crippen LogP contribution in [0.15, 0.2) is 58.4 Å². The van der Waals surface area contributed by atoms with E-state index in [0.29, 0.717) is 37.0 Å². The molecule has 1 aromatic heterocycles. The maximum atomic E-state index is 12.9. The second-order valence-electron chi connectivity index (χ2n) is 6.69. The van der Waals surface area contributed by atoms with E-state index in [1.165, 1.54) is 46.9 Å². The Morgan fingerprint density at radius 3 is 2.47 bits per heavy atom. The van der Waals surface area contributed by atoms with Crippen molar-refractivity contribution in [1.82, 2.24) is 14.5 Å². The highest BCUT2D eigenvalue weighted by Crippen LogP contribution is 2.24. The number of anilines is 1. The van der Waals surface area contributed by atoms with Crippen molar-refractivity contribution in [3.8, 4) is 0 Å². The molecule has 1 aliphatic heterocycles. The number of carbonyl (C=O) groups is 1. The third-order valence-corrected chi connectivity index (χ3v) is 7.21. The number of hydrogen-bond donors (Lipinski definition) is 1. The zero-order chi connectivity index (χ0) is 22.6. The van der Waals surface area contributed by atoms with Gasteiger partial charge >= 0.3 is 0 Å². The molecule has 166 valence electrons. The van der Waals surface area contributed by atoms with Gasteiger partial charge in [-0.05, 0) is 42.0 Å². The fourth-order valence-corrected chi connectivity index (χ4v) is 4.87.